The highest BCUT2D eigenvalue weighted by Gasteiger charge is 2.13. The average Bonchev–Trinajstić information content (AvgIpc) is 2.90. The molecule has 0 aliphatic carbocycles. The van der Waals surface area contributed by atoms with Gasteiger partial charge in [0.2, 0.25) is 0 Å². The Morgan fingerprint density at radius 1 is 1.39 bits per heavy atom. The fourth-order valence-corrected chi connectivity index (χ4v) is 2.74. The van der Waals surface area contributed by atoms with E-state index in [4.69, 9.17) is 0 Å². The first-order valence-corrected chi connectivity index (χ1v) is 7.41. The van der Waals surface area contributed by atoms with Crippen LogP contribution in [0.4, 0.5) is 0 Å². The Hall–Kier alpha value is -1.19. The van der Waals surface area contributed by atoms with Gasteiger partial charge in [-0.15, -0.1) is 0 Å². The van der Waals surface area contributed by atoms with E-state index in [0.717, 1.165) is 19.4 Å². The van der Waals surface area contributed by atoms with E-state index < -0.39 is 0 Å². The van der Waals surface area contributed by atoms with Crippen LogP contribution in [-0.4, -0.2) is 11.5 Å². The molecule has 1 atom stereocenters. The van der Waals surface area contributed by atoms with E-state index in [9.17, 15) is 0 Å². The lowest BCUT2D eigenvalue weighted by Crippen LogP contribution is -2.24. The molecule has 2 heterocycles. The number of pyridine rings is 1. The highest BCUT2D eigenvalue weighted by Crippen LogP contribution is 2.21. The molecule has 0 fully saturated rings. The van der Waals surface area contributed by atoms with E-state index in [1.54, 1.807) is 11.3 Å². The van der Waals surface area contributed by atoms with Crippen molar-refractivity contribution in [1.82, 2.24) is 10.3 Å². The second-order valence-electron chi connectivity index (χ2n) is 4.53. The van der Waals surface area contributed by atoms with Gasteiger partial charge in [-0.3, -0.25) is 4.98 Å². The standard InChI is InChI=1S/C15H20N2S/c1-3-7-16-15(13-6-9-18-11-13)10-14-12(2)5-4-8-17-14/h4-6,8-9,11,15-16H,3,7,10H2,1-2H3. The summed E-state index contributed by atoms with van der Waals surface area (Å²) in [7, 11) is 0. The van der Waals surface area contributed by atoms with Crippen LogP contribution in [0.25, 0.3) is 0 Å². The van der Waals surface area contributed by atoms with Crippen LogP contribution in [0.15, 0.2) is 35.2 Å². The van der Waals surface area contributed by atoms with Gasteiger partial charge in [-0.05, 0) is 53.9 Å². The molecule has 3 heteroatoms. The minimum atomic E-state index is 0.379. The van der Waals surface area contributed by atoms with Crippen LogP contribution in [0, 0.1) is 6.92 Å². The Bertz CT molecular complexity index is 465. The minimum absolute atomic E-state index is 0.379. The monoisotopic (exact) mass is 260 g/mol. The molecule has 2 rings (SSSR count). The first-order chi connectivity index (χ1) is 8.81. The van der Waals surface area contributed by atoms with Crippen molar-refractivity contribution in [2.24, 2.45) is 0 Å². The lowest BCUT2D eigenvalue weighted by atomic mass is 10.0. The van der Waals surface area contributed by atoms with Gasteiger partial charge >= 0.3 is 0 Å². The van der Waals surface area contributed by atoms with Crippen molar-refractivity contribution in [3.63, 3.8) is 0 Å². The molecule has 2 nitrogen and oxygen atoms in total. The molecular weight excluding hydrogens is 240 g/mol. The van der Waals surface area contributed by atoms with Crippen molar-refractivity contribution in [3.05, 3.63) is 52.0 Å². The Morgan fingerprint density at radius 2 is 2.28 bits per heavy atom. The van der Waals surface area contributed by atoms with Crippen LogP contribution in [0.5, 0.6) is 0 Å². The zero-order valence-electron chi connectivity index (χ0n) is 11.0. The van der Waals surface area contributed by atoms with Crippen molar-refractivity contribution in [2.45, 2.75) is 32.7 Å². The van der Waals surface area contributed by atoms with Gasteiger partial charge in [0.15, 0.2) is 0 Å². The third-order valence-electron chi connectivity index (χ3n) is 3.10. The van der Waals surface area contributed by atoms with Crippen LogP contribution in [-0.2, 0) is 6.42 Å². The summed E-state index contributed by atoms with van der Waals surface area (Å²) in [6.07, 6.45) is 4.00. The van der Waals surface area contributed by atoms with Crippen molar-refractivity contribution in [3.8, 4) is 0 Å². The summed E-state index contributed by atoms with van der Waals surface area (Å²) in [5.41, 5.74) is 3.84. The van der Waals surface area contributed by atoms with Crippen LogP contribution in [0.2, 0.25) is 0 Å². The number of nitrogens with one attached hydrogen (secondary N) is 1. The molecule has 0 aromatic carbocycles. The van der Waals surface area contributed by atoms with Crippen molar-refractivity contribution in [1.29, 1.82) is 0 Å². The molecule has 2 aromatic rings. The van der Waals surface area contributed by atoms with Gasteiger partial charge in [0, 0.05) is 24.4 Å². The van der Waals surface area contributed by atoms with E-state index in [1.807, 2.05) is 12.3 Å². The first kappa shape index (κ1) is 13.2. The zero-order valence-corrected chi connectivity index (χ0v) is 11.8. The Balaban J connectivity index is 2.13. The number of rotatable bonds is 6. The largest absolute Gasteiger partial charge is 0.310 e. The Kier molecular flexibility index (Phi) is 4.90. The molecule has 2 aromatic heterocycles. The van der Waals surface area contributed by atoms with Crippen molar-refractivity contribution < 1.29 is 0 Å². The summed E-state index contributed by atoms with van der Waals surface area (Å²) in [5.74, 6) is 0. The third kappa shape index (κ3) is 3.40. The summed E-state index contributed by atoms with van der Waals surface area (Å²) in [4.78, 5) is 4.50. The van der Waals surface area contributed by atoms with Crippen LogP contribution >= 0.6 is 11.3 Å². The molecule has 96 valence electrons. The predicted octanol–water partition coefficient (Wildman–Crippen LogP) is 3.73. The smallest absolute Gasteiger partial charge is 0.0451 e. The van der Waals surface area contributed by atoms with Crippen molar-refractivity contribution in [2.75, 3.05) is 6.54 Å². The summed E-state index contributed by atoms with van der Waals surface area (Å²) in [5, 5.41) is 7.98. The van der Waals surface area contributed by atoms with Crippen LogP contribution in [0.3, 0.4) is 0 Å². The molecule has 0 saturated carbocycles. The molecule has 18 heavy (non-hydrogen) atoms. The molecule has 0 amide bonds. The summed E-state index contributed by atoms with van der Waals surface area (Å²) < 4.78 is 0. The highest BCUT2D eigenvalue weighted by atomic mass is 32.1. The van der Waals surface area contributed by atoms with Crippen molar-refractivity contribution >= 4 is 11.3 Å². The first-order valence-electron chi connectivity index (χ1n) is 6.47. The Labute approximate surface area is 113 Å². The number of thiophene rings is 1. The van der Waals surface area contributed by atoms with Crippen LogP contribution < -0.4 is 5.32 Å². The number of aryl methyl sites for hydroxylation is 1. The number of hydrogen-bond donors (Lipinski definition) is 1. The lowest BCUT2D eigenvalue weighted by molar-refractivity contribution is 0.524. The van der Waals surface area contributed by atoms with Crippen LogP contribution in [0.1, 0.15) is 36.2 Å². The molecule has 0 aliphatic rings. The zero-order chi connectivity index (χ0) is 12.8. The maximum atomic E-state index is 4.50. The maximum Gasteiger partial charge on any atom is 0.0451 e. The van der Waals surface area contributed by atoms with Gasteiger partial charge in [-0.1, -0.05) is 13.0 Å². The quantitative estimate of drug-likeness (QED) is 0.856. The topological polar surface area (TPSA) is 24.9 Å². The normalized spacial score (nSPS) is 12.6. The number of aromatic nitrogens is 1. The average molecular weight is 260 g/mol. The van der Waals surface area contributed by atoms with Gasteiger partial charge in [0.05, 0.1) is 0 Å². The van der Waals surface area contributed by atoms with Gasteiger partial charge in [0.25, 0.3) is 0 Å². The third-order valence-corrected chi connectivity index (χ3v) is 3.80. The molecule has 0 aliphatic heterocycles. The second kappa shape index (κ2) is 6.66. The highest BCUT2D eigenvalue weighted by molar-refractivity contribution is 7.07. The second-order valence-corrected chi connectivity index (χ2v) is 5.31. The molecule has 1 N–H and O–H groups in total. The van der Waals surface area contributed by atoms with Gasteiger partial charge in [0.1, 0.15) is 0 Å². The summed E-state index contributed by atoms with van der Waals surface area (Å²) in [6, 6.07) is 6.71. The predicted molar refractivity (Wildman–Crippen MR) is 78.0 cm³/mol. The van der Waals surface area contributed by atoms with E-state index >= 15 is 0 Å². The lowest BCUT2D eigenvalue weighted by Gasteiger charge is -2.18. The minimum Gasteiger partial charge on any atom is -0.310 e. The van der Waals surface area contributed by atoms with E-state index in [1.165, 1.54) is 16.8 Å². The fraction of sp³-hybridized carbons (Fsp3) is 0.400. The Morgan fingerprint density at radius 3 is 2.94 bits per heavy atom. The molecule has 0 bridgehead atoms. The maximum absolute atomic E-state index is 4.50. The van der Waals surface area contributed by atoms with E-state index in [2.05, 4.69) is 47.0 Å². The SMILES string of the molecule is CCCNC(Cc1ncccc1C)c1ccsc1. The summed E-state index contributed by atoms with van der Waals surface area (Å²) >= 11 is 1.76. The fourth-order valence-electron chi connectivity index (χ4n) is 2.03. The molecule has 0 radical (unpaired) electrons. The molecule has 0 spiro atoms. The number of nitrogens with zero attached hydrogens (tertiary/aromatic N) is 1. The number of hydrogen-bond acceptors (Lipinski definition) is 3. The van der Waals surface area contributed by atoms with Gasteiger partial charge in [-0.25, -0.2) is 0 Å². The van der Waals surface area contributed by atoms with Gasteiger partial charge < -0.3 is 5.32 Å². The van der Waals surface area contributed by atoms with Gasteiger partial charge in [-0.2, -0.15) is 11.3 Å². The van der Waals surface area contributed by atoms with E-state index in [-0.39, 0.29) is 0 Å². The molecule has 1 unspecified atom stereocenters. The molecular formula is C15H20N2S. The van der Waals surface area contributed by atoms with E-state index in [0.29, 0.717) is 6.04 Å². The summed E-state index contributed by atoms with van der Waals surface area (Å²) in [6.45, 7) is 5.38. The molecule has 0 saturated heterocycles.